The molecule has 1 aromatic carbocycles. The Hall–Kier alpha value is -1.05. The monoisotopic (exact) mass is 412 g/mol. The average molecular weight is 413 g/mol. The molecule has 0 bridgehead atoms. The molecule has 1 aromatic rings. The van der Waals surface area contributed by atoms with Crippen molar-refractivity contribution >= 4 is 50.0 Å². The number of hydrogen-bond donors (Lipinski definition) is 0. The zero-order chi connectivity index (χ0) is 18.3. The van der Waals surface area contributed by atoms with E-state index in [2.05, 4.69) is 4.99 Å². The van der Waals surface area contributed by atoms with Crippen LogP contribution in [0, 0.1) is 5.92 Å². The Kier molecular flexibility index (Phi) is 5.05. The van der Waals surface area contributed by atoms with Gasteiger partial charge in [0.25, 0.3) is 5.91 Å². The van der Waals surface area contributed by atoms with Crippen molar-refractivity contribution in [1.82, 2.24) is 0 Å². The van der Waals surface area contributed by atoms with Crippen molar-refractivity contribution in [3.05, 3.63) is 29.3 Å². The van der Waals surface area contributed by atoms with Gasteiger partial charge in [-0.2, -0.15) is 4.99 Å². The summed E-state index contributed by atoms with van der Waals surface area (Å²) in [5.41, 5.74) is 0.796. The Morgan fingerprint density at radius 3 is 2.69 bits per heavy atom. The van der Waals surface area contributed by atoms with Crippen LogP contribution < -0.4 is 4.90 Å². The van der Waals surface area contributed by atoms with Gasteiger partial charge in [0.1, 0.15) is 0 Å². The number of nitrogens with zero attached hydrogens (tertiary/aromatic N) is 2. The zero-order valence-corrected chi connectivity index (χ0v) is 16.7. The molecule has 2 aliphatic heterocycles. The van der Waals surface area contributed by atoms with Gasteiger partial charge < -0.3 is 4.90 Å². The van der Waals surface area contributed by atoms with E-state index < -0.39 is 9.84 Å². The number of sulfone groups is 1. The van der Waals surface area contributed by atoms with E-state index in [9.17, 15) is 13.2 Å². The number of rotatable bonds is 2. The number of aliphatic imine (C=N–C) groups is 1. The van der Waals surface area contributed by atoms with Crippen LogP contribution in [-0.4, -0.2) is 42.3 Å². The molecule has 4 rings (SSSR count). The third-order valence-electron chi connectivity index (χ3n) is 5.31. The number of fused-ring (bicyclic) bond motifs is 1. The fourth-order valence-electron chi connectivity index (χ4n) is 4.03. The van der Waals surface area contributed by atoms with Crippen molar-refractivity contribution in [1.29, 1.82) is 0 Å². The molecule has 8 heteroatoms. The fraction of sp³-hybridized carbons (Fsp3) is 0.556. The van der Waals surface area contributed by atoms with Gasteiger partial charge in [-0.15, -0.1) is 0 Å². The number of anilines is 1. The van der Waals surface area contributed by atoms with Crippen LogP contribution in [0.3, 0.4) is 0 Å². The third-order valence-corrected chi connectivity index (χ3v) is 8.76. The average Bonchev–Trinajstić information content (AvgIpc) is 3.06. The van der Waals surface area contributed by atoms with Crippen LogP contribution in [0.5, 0.6) is 0 Å². The molecule has 0 N–H and O–H groups in total. The second-order valence-corrected chi connectivity index (χ2v) is 11.0. The van der Waals surface area contributed by atoms with Gasteiger partial charge in [0, 0.05) is 21.9 Å². The lowest BCUT2D eigenvalue weighted by molar-refractivity contribution is -0.122. The van der Waals surface area contributed by atoms with Gasteiger partial charge in [-0.3, -0.25) is 4.79 Å². The first-order chi connectivity index (χ1) is 12.4. The molecule has 2 atom stereocenters. The third kappa shape index (κ3) is 3.66. The van der Waals surface area contributed by atoms with E-state index in [0.717, 1.165) is 31.4 Å². The van der Waals surface area contributed by atoms with E-state index in [1.165, 1.54) is 18.2 Å². The number of carbonyl (C=O) groups excluding carboxylic acids is 1. The molecule has 0 unspecified atom stereocenters. The fourth-order valence-corrected chi connectivity index (χ4v) is 8.13. The molecule has 1 amide bonds. The van der Waals surface area contributed by atoms with Crippen LogP contribution >= 0.6 is 23.4 Å². The maximum atomic E-state index is 12.7. The molecule has 3 fully saturated rings. The molecule has 2 heterocycles. The highest BCUT2D eigenvalue weighted by atomic mass is 35.5. The van der Waals surface area contributed by atoms with Gasteiger partial charge in [-0.1, -0.05) is 48.7 Å². The summed E-state index contributed by atoms with van der Waals surface area (Å²) >= 11 is 7.56. The Morgan fingerprint density at radius 1 is 1.19 bits per heavy atom. The van der Waals surface area contributed by atoms with Crippen LogP contribution in [0.15, 0.2) is 29.3 Å². The van der Waals surface area contributed by atoms with Gasteiger partial charge in [-0.05, 0) is 31.0 Å². The van der Waals surface area contributed by atoms with Crippen LogP contribution in [0.4, 0.5) is 5.69 Å². The second kappa shape index (κ2) is 7.17. The van der Waals surface area contributed by atoms with Gasteiger partial charge in [0.15, 0.2) is 15.0 Å². The highest BCUT2D eigenvalue weighted by molar-refractivity contribution is 8.16. The molecule has 0 radical (unpaired) electrons. The summed E-state index contributed by atoms with van der Waals surface area (Å²) in [6, 6.07) is 7.11. The van der Waals surface area contributed by atoms with Gasteiger partial charge in [0.05, 0.1) is 17.5 Å². The van der Waals surface area contributed by atoms with Crippen LogP contribution in [0.2, 0.25) is 5.02 Å². The number of hydrogen-bond acceptors (Lipinski definition) is 4. The summed E-state index contributed by atoms with van der Waals surface area (Å²) in [4.78, 5) is 19.0. The molecule has 140 valence electrons. The van der Waals surface area contributed by atoms with Crippen molar-refractivity contribution in [2.75, 3.05) is 16.4 Å². The summed E-state index contributed by atoms with van der Waals surface area (Å²) in [6.45, 7) is 0. The standard InChI is InChI=1S/C18H21ClN2O3S2/c19-13-7-4-8-14(9-13)21-15-10-26(23,24)11-16(15)25-18(21)20-17(22)12-5-2-1-3-6-12/h4,7-9,12,15-16H,1-3,5-6,10-11H2/t15-,16+/m1/s1. The number of carbonyl (C=O) groups is 1. The van der Waals surface area contributed by atoms with Crippen molar-refractivity contribution in [2.24, 2.45) is 10.9 Å². The van der Waals surface area contributed by atoms with Crippen LogP contribution in [0.25, 0.3) is 0 Å². The second-order valence-electron chi connectivity index (χ2n) is 7.22. The Labute approximate surface area is 163 Å². The topological polar surface area (TPSA) is 66.8 Å². The lowest BCUT2D eigenvalue weighted by Crippen LogP contribution is -2.38. The van der Waals surface area contributed by atoms with Crippen molar-refractivity contribution in [3.8, 4) is 0 Å². The van der Waals surface area contributed by atoms with Crippen molar-refractivity contribution in [3.63, 3.8) is 0 Å². The molecule has 2 saturated heterocycles. The maximum Gasteiger partial charge on any atom is 0.251 e. The Balaban J connectivity index is 1.67. The minimum absolute atomic E-state index is 0.00207. The molecule has 0 aromatic heterocycles. The lowest BCUT2D eigenvalue weighted by Gasteiger charge is -2.25. The molecule has 5 nitrogen and oxygen atoms in total. The first kappa shape index (κ1) is 18.3. The minimum Gasteiger partial charge on any atom is -0.316 e. The summed E-state index contributed by atoms with van der Waals surface area (Å²) in [7, 11) is -3.06. The SMILES string of the molecule is O=C(N=C1S[C@H]2CS(=O)(=O)C[C@H]2N1c1cccc(Cl)c1)C1CCCCC1. The van der Waals surface area contributed by atoms with Gasteiger partial charge in [-0.25, -0.2) is 8.42 Å². The number of amidine groups is 1. The summed E-state index contributed by atoms with van der Waals surface area (Å²) < 4.78 is 24.2. The molecule has 1 saturated carbocycles. The van der Waals surface area contributed by atoms with Crippen molar-refractivity contribution in [2.45, 2.75) is 43.4 Å². The van der Waals surface area contributed by atoms with Crippen LogP contribution in [-0.2, 0) is 14.6 Å². The lowest BCUT2D eigenvalue weighted by atomic mass is 9.89. The Morgan fingerprint density at radius 2 is 1.96 bits per heavy atom. The molecule has 1 aliphatic carbocycles. The number of amides is 1. The first-order valence-electron chi connectivity index (χ1n) is 8.97. The van der Waals surface area contributed by atoms with Gasteiger partial charge >= 0.3 is 0 Å². The van der Waals surface area contributed by atoms with Gasteiger partial charge in [0.2, 0.25) is 0 Å². The highest BCUT2D eigenvalue weighted by Gasteiger charge is 2.49. The van der Waals surface area contributed by atoms with Crippen molar-refractivity contribution < 1.29 is 13.2 Å². The number of benzene rings is 1. The predicted molar refractivity (Wildman–Crippen MR) is 107 cm³/mol. The summed E-state index contributed by atoms with van der Waals surface area (Å²) in [5, 5.41) is 1.11. The number of thioether (sulfide) groups is 1. The molecule has 0 spiro atoms. The Bertz CT molecular complexity index is 850. The summed E-state index contributed by atoms with van der Waals surface area (Å²) in [5.74, 6) is 0.161. The minimum atomic E-state index is -3.06. The van der Waals surface area contributed by atoms with E-state index in [1.54, 1.807) is 12.1 Å². The first-order valence-corrected chi connectivity index (χ1v) is 12.1. The van der Waals surface area contributed by atoms with E-state index >= 15 is 0 Å². The largest absolute Gasteiger partial charge is 0.316 e. The normalized spacial score (nSPS) is 29.9. The smallest absolute Gasteiger partial charge is 0.251 e. The number of halogens is 1. The molecular weight excluding hydrogens is 392 g/mol. The van der Waals surface area contributed by atoms with E-state index in [-0.39, 0.29) is 34.6 Å². The summed E-state index contributed by atoms with van der Waals surface area (Å²) in [6.07, 6.45) is 5.15. The maximum absolute atomic E-state index is 12.7. The molecular formula is C18H21ClN2O3S2. The van der Waals surface area contributed by atoms with E-state index in [0.29, 0.717) is 10.2 Å². The molecule has 3 aliphatic rings. The molecule has 26 heavy (non-hydrogen) atoms. The van der Waals surface area contributed by atoms with E-state index in [1.807, 2.05) is 17.0 Å². The van der Waals surface area contributed by atoms with E-state index in [4.69, 9.17) is 11.6 Å². The quantitative estimate of drug-likeness (QED) is 0.743. The van der Waals surface area contributed by atoms with Crippen LogP contribution in [0.1, 0.15) is 32.1 Å². The highest BCUT2D eigenvalue weighted by Crippen LogP contribution is 2.41. The zero-order valence-electron chi connectivity index (χ0n) is 14.3. The predicted octanol–water partition coefficient (Wildman–Crippen LogP) is 3.52.